The van der Waals surface area contributed by atoms with E-state index in [4.69, 9.17) is 16.0 Å². The van der Waals surface area contributed by atoms with E-state index in [0.29, 0.717) is 23.1 Å². The number of aromatic nitrogens is 1. The number of hydrogen-bond donors (Lipinski definition) is 1. The topological polar surface area (TPSA) is 58.4 Å². The van der Waals surface area contributed by atoms with Crippen LogP contribution in [0.1, 0.15) is 11.5 Å². The Bertz CT molecular complexity index is 893. The van der Waals surface area contributed by atoms with Crippen molar-refractivity contribution in [2.24, 2.45) is 0 Å². The molecule has 3 rings (SSSR count). The van der Waals surface area contributed by atoms with E-state index < -0.39 is 0 Å². The van der Waals surface area contributed by atoms with Crippen LogP contribution in [-0.4, -0.2) is 29.4 Å². The number of amides is 1. The van der Waals surface area contributed by atoms with Gasteiger partial charge < -0.3 is 9.73 Å². The van der Waals surface area contributed by atoms with Crippen molar-refractivity contribution in [1.82, 2.24) is 9.88 Å². The zero-order chi connectivity index (χ0) is 18.5. The van der Waals surface area contributed by atoms with Gasteiger partial charge in [-0.25, -0.2) is 4.98 Å². The van der Waals surface area contributed by atoms with Crippen LogP contribution < -0.4 is 5.32 Å². The second-order valence-corrected chi connectivity index (χ2v) is 6.50. The Morgan fingerprint density at radius 2 is 1.85 bits per heavy atom. The molecule has 0 radical (unpaired) electrons. The first-order chi connectivity index (χ1) is 12.5. The lowest BCUT2D eigenvalue weighted by Crippen LogP contribution is -2.30. The van der Waals surface area contributed by atoms with E-state index >= 15 is 0 Å². The number of nitrogens with zero attached hydrogens (tertiary/aromatic N) is 2. The lowest BCUT2D eigenvalue weighted by molar-refractivity contribution is -0.117. The Morgan fingerprint density at radius 1 is 1.15 bits per heavy atom. The summed E-state index contributed by atoms with van der Waals surface area (Å²) < 4.78 is 5.76. The van der Waals surface area contributed by atoms with Gasteiger partial charge in [0.2, 0.25) is 11.8 Å². The van der Waals surface area contributed by atoms with Crippen molar-refractivity contribution in [2.45, 2.75) is 13.5 Å². The molecule has 0 bridgehead atoms. The van der Waals surface area contributed by atoms with Crippen LogP contribution in [0.15, 0.2) is 59.0 Å². The smallest absolute Gasteiger partial charge is 0.238 e. The Morgan fingerprint density at radius 3 is 2.58 bits per heavy atom. The number of carbonyl (C=O) groups is 1. The maximum absolute atomic E-state index is 12.2. The second kappa shape index (κ2) is 8.17. The van der Waals surface area contributed by atoms with Gasteiger partial charge in [0, 0.05) is 12.1 Å². The van der Waals surface area contributed by atoms with Crippen LogP contribution in [0.2, 0.25) is 5.02 Å². The second-order valence-electron chi connectivity index (χ2n) is 6.09. The zero-order valence-corrected chi connectivity index (χ0v) is 15.5. The molecular formula is C20H20ClN3O2. The molecule has 134 valence electrons. The molecular weight excluding hydrogens is 350 g/mol. The van der Waals surface area contributed by atoms with Crippen LogP contribution in [0.4, 0.5) is 5.69 Å². The summed E-state index contributed by atoms with van der Waals surface area (Å²) in [5.41, 5.74) is 2.36. The summed E-state index contributed by atoms with van der Waals surface area (Å²) in [7, 11) is 1.86. The molecule has 0 aliphatic rings. The van der Waals surface area contributed by atoms with E-state index in [1.165, 1.54) is 0 Å². The van der Waals surface area contributed by atoms with Gasteiger partial charge in [0.1, 0.15) is 5.76 Å². The lowest BCUT2D eigenvalue weighted by atomic mass is 10.2. The Labute approximate surface area is 157 Å². The highest BCUT2D eigenvalue weighted by Gasteiger charge is 2.15. The van der Waals surface area contributed by atoms with Crippen molar-refractivity contribution in [3.05, 3.63) is 71.1 Å². The van der Waals surface area contributed by atoms with Crippen LogP contribution >= 0.6 is 11.6 Å². The van der Waals surface area contributed by atoms with Crippen molar-refractivity contribution in [3.8, 4) is 11.5 Å². The Kier molecular flexibility index (Phi) is 5.71. The first-order valence-corrected chi connectivity index (χ1v) is 8.65. The minimum absolute atomic E-state index is 0.134. The van der Waals surface area contributed by atoms with Gasteiger partial charge in [0.15, 0.2) is 0 Å². The number of anilines is 1. The maximum Gasteiger partial charge on any atom is 0.238 e. The number of likely N-dealkylation sites (N-methyl/N-ethyl adjacent to an activating group) is 1. The third-order valence-corrected chi connectivity index (χ3v) is 4.22. The van der Waals surface area contributed by atoms with Crippen LogP contribution in [0, 0.1) is 6.92 Å². The maximum atomic E-state index is 12.2. The van der Waals surface area contributed by atoms with Gasteiger partial charge in [-0.15, -0.1) is 0 Å². The lowest BCUT2D eigenvalue weighted by Gasteiger charge is -2.15. The molecule has 1 heterocycles. The quantitative estimate of drug-likeness (QED) is 0.700. The summed E-state index contributed by atoms with van der Waals surface area (Å²) in [6.45, 7) is 2.61. The van der Waals surface area contributed by atoms with Gasteiger partial charge in [-0.05, 0) is 38.2 Å². The number of nitrogens with one attached hydrogen (secondary N) is 1. The van der Waals surface area contributed by atoms with E-state index in [1.807, 2.05) is 61.3 Å². The van der Waals surface area contributed by atoms with E-state index in [-0.39, 0.29) is 12.5 Å². The minimum Gasteiger partial charge on any atom is -0.441 e. The van der Waals surface area contributed by atoms with Crippen molar-refractivity contribution < 1.29 is 9.21 Å². The fraction of sp³-hybridized carbons (Fsp3) is 0.200. The predicted octanol–water partition coefficient (Wildman–Crippen LogP) is 4.37. The molecule has 26 heavy (non-hydrogen) atoms. The van der Waals surface area contributed by atoms with Gasteiger partial charge in [-0.1, -0.05) is 41.9 Å². The molecule has 0 saturated heterocycles. The Hall–Kier alpha value is -2.63. The molecule has 1 aromatic heterocycles. The highest BCUT2D eigenvalue weighted by atomic mass is 35.5. The normalized spacial score (nSPS) is 10.9. The van der Waals surface area contributed by atoms with E-state index in [9.17, 15) is 4.79 Å². The standard InChI is InChI=1S/C20H20ClN3O2/c1-14-18(23-20(26-14)15-8-4-3-5-9-15)12-24(2)13-19(25)22-17-11-7-6-10-16(17)21/h3-11H,12-13H2,1-2H3,(H,22,25). The van der Waals surface area contributed by atoms with E-state index in [0.717, 1.165) is 17.0 Å². The van der Waals surface area contributed by atoms with Gasteiger partial charge >= 0.3 is 0 Å². The third-order valence-electron chi connectivity index (χ3n) is 3.89. The molecule has 0 fully saturated rings. The molecule has 0 saturated carbocycles. The fourth-order valence-corrected chi connectivity index (χ4v) is 2.77. The molecule has 5 nitrogen and oxygen atoms in total. The Balaban J connectivity index is 1.61. The molecule has 0 atom stereocenters. The molecule has 0 aliphatic heterocycles. The first-order valence-electron chi connectivity index (χ1n) is 8.27. The summed E-state index contributed by atoms with van der Waals surface area (Å²) >= 11 is 6.07. The molecule has 0 unspecified atom stereocenters. The summed E-state index contributed by atoms with van der Waals surface area (Å²) in [5.74, 6) is 1.21. The first kappa shape index (κ1) is 18.2. The zero-order valence-electron chi connectivity index (χ0n) is 14.7. The molecule has 3 aromatic rings. The fourth-order valence-electron chi connectivity index (χ4n) is 2.59. The summed E-state index contributed by atoms with van der Waals surface area (Å²) in [6, 6.07) is 16.9. The van der Waals surface area contributed by atoms with Crippen molar-refractivity contribution >= 4 is 23.2 Å². The molecule has 2 aromatic carbocycles. The number of benzene rings is 2. The van der Waals surface area contributed by atoms with Crippen LogP contribution in [0.3, 0.4) is 0 Å². The van der Waals surface area contributed by atoms with Crippen LogP contribution in [0.5, 0.6) is 0 Å². The summed E-state index contributed by atoms with van der Waals surface area (Å²) in [5, 5.41) is 3.33. The SMILES string of the molecule is Cc1oc(-c2ccccc2)nc1CN(C)CC(=O)Nc1ccccc1Cl. The number of oxazole rings is 1. The number of hydrogen-bond acceptors (Lipinski definition) is 4. The number of carbonyl (C=O) groups excluding carboxylic acids is 1. The monoisotopic (exact) mass is 369 g/mol. The largest absolute Gasteiger partial charge is 0.441 e. The van der Waals surface area contributed by atoms with Crippen molar-refractivity contribution in [2.75, 3.05) is 18.9 Å². The van der Waals surface area contributed by atoms with Crippen LogP contribution in [0.25, 0.3) is 11.5 Å². The number of para-hydroxylation sites is 1. The summed E-state index contributed by atoms with van der Waals surface area (Å²) in [6.07, 6.45) is 0. The molecule has 6 heteroatoms. The number of rotatable bonds is 6. The number of halogens is 1. The van der Waals surface area contributed by atoms with E-state index in [1.54, 1.807) is 12.1 Å². The molecule has 1 N–H and O–H groups in total. The third kappa shape index (κ3) is 4.50. The minimum atomic E-state index is -0.134. The average molecular weight is 370 g/mol. The van der Waals surface area contributed by atoms with Gasteiger partial charge in [0.05, 0.1) is 22.9 Å². The predicted molar refractivity (Wildman–Crippen MR) is 103 cm³/mol. The molecule has 1 amide bonds. The van der Waals surface area contributed by atoms with Crippen LogP contribution in [-0.2, 0) is 11.3 Å². The van der Waals surface area contributed by atoms with Crippen molar-refractivity contribution in [1.29, 1.82) is 0 Å². The van der Waals surface area contributed by atoms with Gasteiger partial charge in [-0.2, -0.15) is 0 Å². The van der Waals surface area contributed by atoms with Gasteiger partial charge in [0.25, 0.3) is 0 Å². The van der Waals surface area contributed by atoms with Gasteiger partial charge in [-0.3, -0.25) is 9.69 Å². The summed E-state index contributed by atoms with van der Waals surface area (Å²) in [4.78, 5) is 18.7. The van der Waals surface area contributed by atoms with Crippen molar-refractivity contribution in [3.63, 3.8) is 0 Å². The highest BCUT2D eigenvalue weighted by molar-refractivity contribution is 6.33. The average Bonchev–Trinajstić information content (AvgIpc) is 2.98. The van der Waals surface area contributed by atoms with E-state index in [2.05, 4.69) is 10.3 Å². The number of aryl methyl sites for hydroxylation is 1. The molecule has 0 spiro atoms. The highest BCUT2D eigenvalue weighted by Crippen LogP contribution is 2.22. The molecule has 0 aliphatic carbocycles.